The zero-order valence-corrected chi connectivity index (χ0v) is 16.2. The Morgan fingerprint density at radius 2 is 1.60 bits per heavy atom. The van der Waals surface area contributed by atoms with Crippen LogP contribution in [0.2, 0.25) is 9.45 Å². The average molecular weight is 347 g/mol. The Morgan fingerprint density at radius 3 is 1.95 bits per heavy atom. The largest absolute Gasteiger partial charge is 1.00 e. The van der Waals surface area contributed by atoms with Gasteiger partial charge in [-0.1, -0.05) is 0 Å². The summed E-state index contributed by atoms with van der Waals surface area (Å²) >= 11 is -1.81. The number of halogens is 2. The van der Waals surface area contributed by atoms with Crippen molar-refractivity contribution < 1.29 is 41.4 Å². The van der Waals surface area contributed by atoms with Gasteiger partial charge in [0.25, 0.3) is 0 Å². The Labute approximate surface area is 139 Å². The summed E-state index contributed by atoms with van der Waals surface area (Å²) in [6, 6.07) is 0. The van der Waals surface area contributed by atoms with Gasteiger partial charge in [-0.3, -0.25) is 0 Å². The zero-order valence-electron chi connectivity index (χ0n) is 13.1. The summed E-state index contributed by atoms with van der Waals surface area (Å²) in [6.45, 7) is 12.0. The summed E-state index contributed by atoms with van der Waals surface area (Å²) < 4.78 is 6.85. The topological polar surface area (TPSA) is 0 Å². The molecule has 0 bridgehead atoms. The fourth-order valence-electron chi connectivity index (χ4n) is 4.21. The van der Waals surface area contributed by atoms with E-state index < -0.39 is 16.6 Å². The molecule has 0 amide bonds. The van der Waals surface area contributed by atoms with Crippen molar-refractivity contribution in [1.29, 1.82) is 0 Å². The molecule has 0 unspecified atom stereocenters. The Morgan fingerprint density at radius 1 is 1.00 bits per heavy atom. The van der Waals surface area contributed by atoms with Gasteiger partial charge in [0.05, 0.1) is 0 Å². The van der Waals surface area contributed by atoms with Gasteiger partial charge in [0.15, 0.2) is 0 Å². The molecule has 1 fully saturated rings. The van der Waals surface area contributed by atoms with Crippen LogP contribution in [0.15, 0.2) is 42.7 Å². The Kier molecular flexibility index (Phi) is 5.31. The quantitative estimate of drug-likeness (QED) is 0.591. The molecule has 0 spiro atoms. The van der Waals surface area contributed by atoms with Gasteiger partial charge in [-0.05, 0) is 0 Å². The van der Waals surface area contributed by atoms with E-state index in [-0.39, 0.29) is 24.8 Å². The van der Waals surface area contributed by atoms with E-state index in [2.05, 4.69) is 52.8 Å². The van der Waals surface area contributed by atoms with Gasteiger partial charge in [0.2, 0.25) is 0 Å². The van der Waals surface area contributed by atoms with Crippen LogP contribution in [0.3, 0.4) is 0 Å². The van der Waals surface area contributed by atoms with Crippen LogP contribution in [0.4, 0.5) is 0 Å². The van der Waals surface area contributed by atoms with Crippen molar-refractivity contribution >= 4 is 0 Å². The average Bonchev–Trinajstić information content (AvgIpc) is 2.87. The molecule has 1 heterocycles. The molecule has 20 heavy (non-hydrogen) atoms. The third-order valence-corrected chi connectivity index (χ3v) is 13.6. The summed E-state index contributed by atoms with van der Waals surface area (Å²) in [5.74, 6) is 0. The molecular formula is C17H24Cl2Ti. The number of hydrogen-bond donors (Lipinski definition) is 0. The number of allylic oxidation sites excluding steroid dienone is 8. The monoisotopic (exact) mass is 346 g/mol. The maximum atomic E-state index is 2.46. The maximum Gasteiger partial charge on any atom is -1.00 e. The van der Waals surface area contributed by atoms with E-state index in [0.29, 0.717) is 5.41 Å². The molecule has 0 radical (unpaired) electrons. The fourth-order valence-corrected chi connectivity index (χ4v) is 13.5. The van der Waals surface area contributed by atoms with Crippen molar-refractivity contribution in [2.45, 2.75) is 50.5 Å². The second kappa shape index (κ2) is 5.80. The summed E-state index contributed by atoms with van der Waals surface area (Å²) in [6.07, 6.45) is 8.34. The fraction of sp³-hybridized carbons (Fsp3) is 0.529. The van der Waals surface area contributed by atoms with Crippen molar-refractivity contribution in [2.24, 2.45) is 5.41 Å². The molecule has 3 rings (SSSR count). The van der Waals surface area contributed by atoms with E-state index in [1.807, 2.05) is 7.76 Å². The first-order chi connectivity index (χ1) is 8.41. The molecule has 2 aliphatic carbocycles. The molecule has 1 aliphatic heterocycles. The predicted octanol–water partition coefficient (Wildman–Crippen LogP) is -0.507. The third-order valence-electron chi connectivity index (χ3n) is 5.68. The van der Waals surface area contributed by atoms with Crippen molar-refractivity contribution in [3.8, 4) is 0 Å². The van der Waals surface area contributed by atoms with Crippen LogP contribution in [0.25, 0.3) is 0 Å². The molecule has 0 nitrogen and oxygen atoms in total. The molecule has 1 saturated heterocycles. The second-order valence-corrected chi connectivity index (χ2v) is 13.5. The van der Waals surface area contributed by atoms with Gasteiger partial charge in [0, 0.05) is 0 Å². The first-order valence-corrected chi connectivity index (χ1v) is 10.9. The first-order valence-electron chi connectivity index (χ1n) is 7.17. The molecule has 0 aromatic heterocycles. The minimum absolute atomic E-state index is 0. The van der Waals surface area contributed by atoms with Crippen LogP contribution in [0.5, 0.6) is 0 Å². The standard InChI is InChI=1S/C10H15.C5H5.C2H4.2ClH.Ti/c1-7-6-10(4,5)9(3)8(7)2;1-2-4-5-3-1;1-2;;;/h1-5H3;1-3H,4H2;1-2H2;2*1H;/q;;;;;+2/p-2. The molecule has 0 atom stereocenters. The maximum absolute atomic E-state index is 2.46. The molecule has 0 aromatic rings. The van der Waals surface area contributed by atoms with Gasteiger partial charge in [-0.25, -0.2) is 0 Å². The van der Waals surface area contributed by atoms with Crippen LogP contribution in [-0.4, -0.2) is 0 Å². The predicted molar refractivity (Wildman–Crippen MR) is 76.3 cm³/mol. The van der Waals surface area contributed by atoms with Crippen LogP contribution in [0.1, 0.15) is 41.0 Å². The van der Waals surface area contributed by atoms with Crippen LogP contribution < -0.4 is 24.8 Å². The summed E-state index contributed by atoms with van der Waals surface area (Å²) in [4.78, 5) is 0. The Hall–Kier alpha value is 0.254. The molecule has 3 aliphatic rings. The number of hydrogen-bond acceptors (Lipinski definition) is 0. The SMILES string of the molecule is CC1=C(C)C(C)(C)[C]([Ti+2]2([C]3=CC=CC3)[CH2][CH2]2)=C1C.[Cl-].[Cl-]. The molecule has 0 N–H and O–H groups in total. The molecule has 3 heteroatoms. The van der Waals surface area contributed by atoms with E-state index >= 15 is 0 Å². The van der Waals surface area contributed by atoms with Crippen molar-refractivity contribution in [2.75, 3.05) is 0 Å². The molecule has 0 saturated carbocycles. The molecular weight excluding hydrogens is 323 g/mol. The molecule has 0 aromatic carbocycles. The third kappa shape index (κ3) is 2.33. The van der Waals surface area contributed by atoms with Gasteiger partial charge in [-0.15, -0.1) is 0 Å². The minimum Gasteiger partial charge on any atom is -1.00 e. The van der Waals surface area contributed by atoms with Crippen molar-refractivity contribution in [3.63, 3.8) is 0 Å². The van der Waals surface area contributed by atoms with Crippen LogP contribution >= 0.6 is 0 Å². The van der Waals surface area contributed by atoms with Crippen molar-refractivity contribution in [1.82, 2.24) is 0 Å². The number of rotatable bonds is 2. The summed E-state index contributed by atoms with van der Waals surface area (Å²) in [7, 11) is 0. The van der Waals surface area contributed by atoms with Crippen molar-refractivity contribution in [3.05, 3.63) is 42.7 Å². The van der Waals surface area contributed by atoms with E-state index in [1.165, 1.54) is 6.42 Å². The van der Waals surface area contributed by atoms with Crippen LogP contribution in [0, 0.1) is 5.41 Å². The summed E-state index contributed by atoms with van der Waals surface area (Å²) in [5, 5.41) is 0. The van der Waals surface area contributed by atoms with E-state index in [0.717, 1.165) is 0 Å². The van der Waals surface area contributed by atoms with Gasteiger partial charge < -0.3 is 24.8 Å². The second-order valence-electron chi connectivity index (χ2n) is 6.78. The van der Waals surface area contributed by atoms with Gasteiger partial charge >= 0.3 is 115 Å². The first kappa shape index (κ1) is 18.3. The van der Waals surface area contributed by atoms with E-state index in [9.17, 15) is 0 Å². The Bertz CT molecular complexity index is 543. The van der Waals surface area contributed by atoms with E-state index in [1.54, 1.807) is 26.2 Å². The Balaban J connectivity index is 0.000001000. The zero-order chi connectivity index (χ0) is 13.1. The minimum atomic E-state index is -1.81. The normalized spacial score (nSPS) is 23.8. The van der Waals surface area contributed by atoms with Gasteiger partial charge in [-0.2, -0.15) is 0 Å². The smallest absolute Gasteiger partial charge is 1.00 e. The molecule has 110 valence electrons. The van der Waals surface area contributed by atoms with E-state index in [4.69, 9.17) is 0 Å². The van der Waals surface area contributed by atoms with Crippen LogP contribution in [-0.2, 0) is 16.6 Å². The van der Waals surface area contributed by atoms with Gasteiger partial charge in [0.1, 0.15) is 0 Å². The summed E-state index contributed by atoms with van der Waals surface area (Å²) in [5.41, 5.74) is 5.20.